The van der Waals surface area contributed by atoms with Gasteiger partial charge in [0.15, 0.2) is 0 Å². The highest BCUT2D eigenvalue weighted by molar-refractivity contribution is 7.89. The minimum Gasteiger partial charge on any atom is -0.388 e. The Morgan fingerprint density at radius 2 is 2.16 bits per heavy atom. The number of β-amino-alcohol motifs (C(OH)–C–C–N with tert-alkyl or cyclic N) is 1. The van der Waals surface area contributed by atoms with Crippen molar-refractivity contribution in [3.05, 3.63) is 0 Å². The van der Waals surface area contributed by atoms with Gasteiger partial charge in [-0.05, 0) is 25.7 Å². The Balaban J connectivity index is 2.65. The molecule has 0 bridgehead atoms. The molecule has 19 heavy (non-hydrogen) atoms. The van der Waals surface area contributed by atoms with Crippen LogP contribution in [0.25, 0.3) is 0 Å². The summed E-state index contributed by atoms with van der Waals surface area (Å²) in [4.78, 5) is 11.2. The molecule has 0 saturated carbocycles. The van der Waals surface area contributed by atoms with Crippen LogP contribution >= 0.6 is 0 Å². The largest absolute Gasteiger partial charge is 0.388 e. The van der Waals surface area contributed by atoms with E-state index in [0.29, 0.717) is 32.2 Å². The van der Waals surface area contributed by atoms with Crippen LogP contribution in [0.3, 0.4) is 0 Å². The maximum atomic E-state index is 12.0. The molecule has 1 heterocycles. The molecule has 0 spiro atoms. The zero-order valence-electron chi connectivity index (χ0n) is 11.7. The first-order valence-corrected chi connectivity index (χ1v) is 8.35. The van der Waals surface area contributed by atoms with Gasteiger partial charge in [0.2, 0.25) is 15.9 Å². The monoisotopic (exact) mass is 292 g/mol. The van der Waals surface area contributed by atoms with Crippen molar-refractivity contribution in [1.29, 1.82) is 0 Å². The molecular weight excluding hydrogens is 268 g/mol. The normalized spacial score (nSPS) is 25.2. The van der Waals surface area contributed by atoms with Gasteiger partial charge in [0, 0.05) is 26.6 Å². The van der Waals surface area contributed by atoms with Gasteiger partial charge < -0.3 is 10.4 Å². The lowest BCUT2D eigenvalue weighted by Crippen LogP contribution is -2.51. The van der Waals surface area contributed by atoms with Crippen LogP contribution in [0.1, 0.15) is 39.0 Å². The van der Waals surface area contributed by atoms with Crippen molar-refractivity contribution in [2.75, 3.05) is 25.9 Å². The van der Waals surface area contributed by atoms with E-state index in [0.717, 1.165) is 0 Å². The Bertz CT molecular complexity index is 410. The molecule has 0 radical (unpaired) electrons. The van der Waals surface area contributed by atoms with Gasteiger partial charge in [-0.2, -0.15) is 4.31 Å². The summed E-state index contributed by atoms with van der Waals surface area (Å²) in [6, 6.07) is 0. The molecule has 1 aliphatic heterocycles. The van der Waals surface area contributed by atoms with E-state index in [1.54, 1.807) is 7.05 Å². The van der Waals surface area contributed by atoms with Crippen molar-refractivity contribution >= 4 is 15.9 Å². The first kappa shape index (κ1) is 16.4. The maximum absolute atomic E-state index is 12.0. The second-order valence-corrected chi connectivity index (χ2v) is 7.24. The third-order valence-electron chi connectivity index (χ3n) is 3.47. The third kappa shape index (κ3) is 4.74. The molecule has 0 aromatic rings. The van der Waals surface area contributed by atoms with Gasteiger partial charge in [-0.25, -0.2) is 8.42 Å². The number of hydrogen-bond donors (Lipinski definition) is 2. The first-order chi connectivity index (χ1) is 8.83. The van der Waals surface area contributed by atoms with Crippen molar-refractivity contribution in [2.45, 2.75) is 44.6 Å². The summed E-state index contributed by atoms with van der Waals surface area (Å²) < 4.78 is 25.4. The molecule has 0 unspecified atom stereocenters. The number of carbonyl (C=O) groups excluding carboxylic acids is 1. The molecule has 7 heteroatoms. The lowest BCUT2D eigenvalue weighted by atomic mass is 9.89. The standard InChI is InChI=1S/C12H24N2O4S/c1-3-9-19(17,18)14-8-4-6-12(16,10-14)7-5-11(15)13-2/h16H,3-10H2,1-2H3,(H,13,15)/t12-/m0/s1. The van der Waals surface area contributed by atoms with Crippen LogP contribution in [-0.2, 0) is 14.8 Å². The summed E-state index contributed by atoms with van der Waals surface area (Å²) in [6.07, 6.45) is 2.25. The van der Waals surface area contributed by atoms with Crippen LogP contribution in [0.5, 0.6) is 0 Å². The van der Waals surface area contributed by atoms with Gasteiger partial charge in [-0.1, -0.05) is 6.92 Å². The lowest BCUT2D eigenvalue weighted by Gasteiger charge is -2.38. The van der Waals surface area contributed by atoms with E-state index in [1.807, 2.05) is 6.92 Å². The molecule has 6 nitrogen and oxygen atoms in total. The number of rotatable bonds is 6. The summed E-state index contributed by atoms with van der Waals surface area (Å²) in [5.41, 5.74) is -1.08. The maximum Gasteiger partial charge on any atom is 0.219 e. The molecular formula is C12H24N2O4S. The van der Waals surface area contributed by atoms with Gasteiger partial charge in [-0.15, -0.1) is 0 Å². The van der Waals surface area contributed by atoms with Crippen molar-refractivity contribution in [3.63, 3.8) is 0 Å². The van der Waals surface area contributed by atoms with Gasteiger partial charge in [0.25, 0.3) is 0 Å². The molecule has 0 aromatic carbocycles. The average Bonchev–Trinajstić information content (AvgIpc) is 2.36. The smallest absolute Gasteiger partial charge is 0.219 e. The van der Waals surface area contributed by atoms with Crippen LogP contribution in [0.4, 0.5) is 0 Å². The summed E-state index contributed by atoms with van der Waals surface area (Å²) in [7, 11) is -1.73. The molecule has 0 aliphatic carbocycles. The molecule has 1 aliphatic rings. The zero-order valence-corrected chi connectivity index (χ0v) is 12.5. The summed E-state index contributed by atoms with van der Waals surface area (Å²) >= 11 is 0. The third-order valence-corrected chi connectivity index (χ3v) is 5.49. The second-order valence-electron chi connectivity index (χ2n) is 5.15. The van der Waals surface area contributed by atoms with E-state index >= 15 is 0 Å². The molecule has 1 saturated heterocycles. The minimum atomic E-state index is -3.28. The highest BCUT2D eigenvalue weighted by Crippen LogP contribution is 2.27. The predicted molar refractivity (Wildman–Crippen MR) is 73.1 cm³/mol. The second kappa shape index (κ2) is 6.67. The molecule has 0 aromatic heterocycles. The Labute approximate surface area is 115 Å². The summed E-state index contributed by atoms with van der Waals surface area (Å²) in [5.74, 6) is -0.0274. The van der Waals surface area contributed by atoms with E-state index in [4.69, 9.17) is 0 Å². The molecule has 1 rings (SSSR count). The average molecular weight is 292 g/mol. The molecule has 1 amide bonds. The number of aliphatic hydroxyl groups is 1. The number of sulfonamides is 1. The number of nitrogens with one attached hydrogen (secondary N) is 1. The highest BCUT2D eigenvalue weighted by Gasteiger charge is 2.37. The quantitative estimate of drug-likeness (QED) is 0.726. The van der Waals surface area contributed by atoms with Crippen molar-refractivity contribution in [1.82, 2.24) is 9.62 Å². The van der Waals surface area contributed by atoms with Crippen LogP contribution in [0, 0.1) is 0 Å². The fourth-order valence-corrected chi connectivity index (χ4v) is 3.99. The molecule has 1 fully saturated rings. The molecule has 2 N–H and O–H groups in total. The van der Waals surface area contributed by atoms with Gasteiger partial charge in [0.05, 0.1) is 11.4 Å². The SMILES string of the molecule is CCCS(=O)(=O)N1CCC[C@](O)(CCC(=O)NC)C1. The van der Waals surface area contributed by atoms with Crippen LogP contribution in [0.2, 0.25) is 0 Å². The first-order valence-electron chi connectivity index (χ1n) is 6.74. The Morgan fingerprint density at radius 1 is 1.47 bits per heavy atom. The topological polar surface area (TPSA) is 86.7 Å². The van der Waals surface area contributed by atoms with E-state index in [2.05, 4.69) is 5.32 Å². The minimum absolute atomic E-state index is 0.103. The number of nitrogens with zero attached hydrogens (tertiary/aromatic N) is 1. The zero-order chi connectivity index (χ0) is 14.5. The van der Waals surface area contributed by atoms with E-state index in [9.17, 15) is 18.3 Å². The van der Waals surface area contributed by atoms with Gasteiger partial charge >= 0.3 is 0 Å². The fraction of sp³-hybridized carbons (Fsp3) is 0.917. The van der Waals surface area contributed by atoms with Crippen molar-refractivity contribution in [3.8, 4) is 0 Å². The number of amides is 1. The summed E-state index contributed by atoms with van der Waals surface area (Å²) in [5, 5.41) is 12.9. The number of hydrogen-bond acceptors (Lipinski definition) is 4. The van der Waals surface area contributed by atoms with E-state index in [1.165, 1.54) is 4.31 Å². The van der Waals surface area contributed by atoms with Crippen molar-refractivity contribution < 1.29 is 18.3 Å². The molecule has 1 atom stereocenters. The Kier molecular flexibility index (Phi) is 5.76. The lowest BCUT2D eigenvalue weighted by molar-refractivity contribution is -0.122. The molecule has 112 valence electrons. The fourth-order valence-electron chi connectivity index (χ4n) is 2.37. The van der Waals surface area contributed by atoms with E-state index < -0.39 is 15.6 Å². The number of carbonyl (C=O) groups is 1. The van der Waals surface area contributed by atoms with Crippen LogP contribution < -0.4 is 5.32 Å². The number of piperidine rings is 1. The van der Waals surface area contributed by atoms with Crippen LogP contribution in [0.15, 0.2) is 0 Å². The van der Waals surface area contributed by atoms with E-state index in [-0.39, 0.29) is 24.6 Å². The van der Waals surface area contributed by atoms with Gasteiger partial charge in [0.1, 0.15) is 0 Å². The Morgan fingerprint density at radius 3 is 2.74 bits per heavy atom. The Hall–Kier alpha value is -0.660. The summed E-state index contributed by atoms with van der Waals surface area (Å²) in [6.45, 7) is 2.39. The van der Waals surface area contributed by atoms with Crippen molar-refractivity contribution in [2.24, 2.45) is 0 Å². The van der Waals surface area contributed by atoms with Crippen LogP contribution in [-0.4, -0.2) is 55.2 Å². The van der Waals surface area contributed by atoms with Gasteiger partial charge in [-0.3, -0.25) is 4.79 Å². The highest BCUT2D eigenvalue weighted by atomic mass is 32.2. The predicted octanol–water partition coefficient (Wildman–Crippen LogP) is 0.0793.